The molecule has 2 saturated carbocycles. The van der Waals surface area contributed by atoms with E-state index in [-0.39, 0.29) is 11.8 Å². The maximum atomic E-state index is 10.5. The number of hydrogen-bond acceptors (Lipinski definition) is 1. The van der Waals surface area contributed by atoms with Crippen LogP contribution in [0.15, 0.2) is 0 Å². The van der Waals surface area contributed by atoms with Crippen molar-refractivity contribution in [2.75, 3.05) is 0 Å². The molecule has 0 heterocycles. The normalized spacial score (nSPS) is 29.8. The van der Waals surface area contributed by atoms with Crippen molar-refractivity contribution in [2.45, 2.75) is 25.7 Å². The Kier molecular flexibility index (Phi) is 0.765. The number of rotatable bonds is 1. The molecular weight excluding hydrogens is 114 g/mol. The highest BCUT2D eigenvalue weighted by atomic mass is 16.1. The highest BCUT2D eigenvalue weighted by Crippen LogP contribution is 2.63. The first kappa shape index (κ1) is 5.27. The molecule has 2 nitrogen and oxygen atoms in total. The van der Waals surface area contributed by atoms with E-state index in [2.05, 4.69) is 0 Å². The minimum Gasteiger partial charge on any atom is -0.369 e. The van der Waals surface area contributed by atoms with Gasteiger partial charge in [-0.1, -0.05) is 0 Å². The monoisotopic (exact) mass is 125 g/mol. The Morgan fingerprint density at radius 1 is 1.44 bits per heavy atom. The van der Waals surface area contributed by atoms with Crippen LogP contribution in [0.25, 0.3) is 0 Å². The molecular formula is C7H11NO. The van der Waals surface area contributed by atoms with Crippen LogP contribution in [0.5, 0.6) is 0 Å². The van der Waals surface area contributed by atoms with Gasteiger partial charge in [-0.15, -0.1) is 0 Å². The molecule has 0 atom stereocenters. The Bertz CT molecular complexity index is 152. The summed E-state index contributed by atoms with van der Waals surface area (Å²) in [6, 6.07) is 0. The minimum absolute atomic E-state index is 0.0903. The van der Waals surface area contributed by atoms with Crippen LogP contribution in [0.1, 0.15) is 25.7 Å². The summed E-state index contributed by atoms with van der Waals surface area (Å²) in [4.78, 5) is 10.5. The van der Waals surface area contributed by atoms with E-state index in [4.69, 9.17) is 5.73 Å². The summed E-state index contributed by atoms with van der Waals surface area (Å²) >= 11 is 0. The second-order valence-corrected chi connectivity index (χ2v) is 3.51. The van der Waals surface area contributed by atoms with Crippen LogP contribution in [0, 0.1) is 11.3 Å². The van der Waals surface area contributed by atoms with E-state index in [1.165, 1.54) is 12.8 Å². The van der Waals surface area contributed by atoms with Crippen LogP contribution in [0.2, 0.25) is 0 Å². The third-order valence-electron chi connectivity index (χ3n) is 2.72. The molecule has 0 aromatic rings. The van der Waals surface area contributed by atoms with Crippen molar-refractivity contribution in [3.05, 3.63) is 0 Å². The van der Waals surface area contributed by atoms with Gasteiger partial charge in [-0.3, -0.25) is 4.79 Å². The van der Waals surface area contributed by atoms with Crippen molar-refractivity contribution >= 4 is 5.91 Å². The molecule has 0 unspecified atom stereocenters. The van der Waals surface area contributed by atoms with E-state index in [1.807, 2.05) is 0 Å². The van der Waals surface area contributed by atoms with Crippen molar-refractivity contribution in [3.63, 3.8) is 0 Å². The summed E-state index contributed by atoms with van der Waals surface area (Å²) < 4.78 is 0. The Hall–Kier alpha value is -0.530. The molecule has 1 amide bonds. The summed E-state index contributed by atoms with van der Waals surface area (Å²) in [5.41, 5.74) is 5.73. The maximum absolute atomic E-state index is 10.5. The van der Waals surface area contributed by atoms with Crippen LogP contribution in [-0.2, 0) is 4.79 Å². The summed E-state index contributed by atoms with van der Waals surface area (Å²) in [6.45, 7) is 0. The standard InChI is InChI=1S/C7H11NO/c8-6(9)5-3-7(4-5)1-2-7/h5H,1-4H2,(H2,8,9). The minimum atomic E-state index is -0.0903. The molecule has 2 fully saturated rings. The van der Waals surface area contributed by atoms with E-state index < -0.39 is 0 Å². The molecule has 0 aliphatic heterocycles. The maximum Gasteiger partial charge on any atom is 0.220 e. The van der Waals surface area contributed by atoms with E-state index in [0.717, 1.165) is 12.8 Å². The molecule has 0 saturated heterocycles. The van der Waals surface area contributed by atoms with Gasteiger partial charge in [0.1, 0.15) is 0 Å². The molecule has 2 heteroatoms. The number of carbonyl (C=O) groups is 1. The zero-order valence-electron chi connectivity index (χ0n) is 5.39. The highest BCUT2D eigenvalue weighted by Gasteiger charge is 2.54. The Balaban J connectivity index is 1.90. The Labute approximate surface area is 54.4 Å². The smallest absolute Gasteiger partial charge is 0.220 e. The van der Waals surface area contributed by atoms with E-state index in [1.54, 1.807) is 0 Å². The van der Waals surface area contributed by atoms with Gasteiger partial charge in [0.15, 0.2) is 0 Å². The average Bonchev–Trinajstić information content (AvgIpc) is 2.35. The van der Waals surface area contributed by atoms with Crippen LogP contribution in [0.3, 0.4) is 0 Å². The molecule has 2 N–H and O–H groups in total. The lowest BCUT2D eigenvalue weighted by Gasteiger charge is -2.33. The van der Waals surface area contributed by atoms with E-state index >= 15 is 0 Å². The van der Waals surface area contributed by atoms with Crippen LogP contribution < -0.4 is 5.73 Å². The second-order valence-electron chi connectivity index (χ2n) is 3.51. The molecule has 2 aliphatic carbocycles. The molecule has 0 bridgehead atoms. The molecule has 50 valence electrons. The summed E-state index contributed by atoms with van der Waals surface area (Å²) in [5, 5.41) is 0. The zero-order chi connectivity index (χ0) is 6.48. The lowest BCUT2D eigenvalue weighted by Crippen LogP contribution is -2.35. The first-order chi connectivity index (χ1) is 4.22. The molecule has 0 aromatic carbocycles. The number of primary amides is 1. The lowest BCUT2D eigenvalue weighted by atomic mass is 9.71. The van der Waals surface area contributed by atoms with Crippen molar-refractivity contribution < 1.29 is 4.79 Å². The van der Waals surface area contributed by atoms with E-state index in [9.17, 15) is 4.79 Å². The first-order valence-corrected chi connectivity index (χ1v) is 3.51. The summed E-state index contributed by atoms with van der Waals surface area (Å²) in [5.74, 6) is 0.139. The fourth-order valence-electron chi connectivity index (χ4n) is 1.77. The van der Waals surface area contributed by atoms with Gasteiger partial charge in [0.2, 0.25) is 5.91 Å². The lowest BCUT2D eigenvalue weighted by molar-refractivity contribution is -0.126. The van der Waals surface area contributed by atoms with Gasteiger partial charge in [-0.05, 0) is 31.1 Å². The number of nitrogens with two attached hydrogens (primary N) is 1. The van der Waals surface area contributed by atoms with Crippen molar-refractivity contribution in [1.29, 1.82) is 0 Å². The summed E-state index contributed by atoms with van der Waals surface area (Å²) in [7, 11) is 0. The third-order valence-corrected chi connectivity index (χ3v) is 2.72. The van der Waals surface area contributed by atoms with Crippen LogP contribution >= 0.6 is 0 Å². The highest BCUT2D eigenvalue weighted by molar-refractivity contribution is 5.78. The van der Waals surface area contributed by atoms with Crippen molar-refractivity contribution in [1.82, 2.24) is 0 Å². The Morgan fingerprint density at radius 2 is 2.00 bits per heavy atom. The predicted octanol–water partition coefficient (Wildman–Crippen LogP) is 0.662. The molecule has 9 heavy (non-hydrogen) atoms. The van der Waals surface area contributed by atoms with Gasteiger partial charge < -0.3 is 5.73 Å². The van der Waals surface area contributed by atoms with Gasteiger partial charge in [0.05, 0.1) is 0 Å². The fraction of sp³-hybridized carbons (Fsp3) is 0.857. The van der Waals surface area contributed by atoms with Gasteiger partial charge >= 0.3 is 0 Å². The van der Waals surface area contributed by atoms with Gasteiger partial charge in [-0.2, -0.15) is 0 Å². The topological polar surface area (TPSA) is 43.1 Å². The summed E-state index contributed by atoms with van der Waals surface area (Å²) in [6.07, 6.45) is 4.86. The number of carbonyl (C=O) groups excluding carboxylic acids is 1. The number of hydrogen-bond donors (Lipinski definition) is 1. The van der Waals surface area contributed by atoms with Crippen molar-refractivity contribution in [2.24, 2.45) is 17.1 Å². The molecule has 0 radical (unpaired) electrons. The molecule has 1 spiro atoms. The molecule has 0 aromatic heterocycles. The molecule has 2 rings (SSSR count). The zero-order valence-corrected chi connectivity index (χ0v) is 5.39. The van der Waals surface area contributed by atoms with Gasteiger partial charge in [0, 0.05) is 5.92 Å². The third kappa shape index (κ3) is 0.655. The van der Waals surface area contributed by atoms with E-state index in [0.29, 0.717) is 5.41 Å². The Morgan fingerprint density at radius 3 is 2.33 bits per heavy atom. The first-order valence-electron chi connectivity index (χ1n) is 3.51. The predicted molar refractivity (Wildman–Crippen MR) is 33.6 cm³/mol. The number of amides is 1. The van der Waals surface area contributed by atoms with Gasteiger partial charge in [-0.25, -0.2) is 0 Å². The van der Waals surface area contributed by atoms with Crippen LogP contribution in [-0.4, -0.2) is 5.91 Å². The average molecular weight is 125 g/mol. The van der Waals surface area contributed by atoms with Crippen LogP contribution in [0.4, 0.5) is 0 Å². The van der Waals surface area contributed by atoms with Crippen molar-refractivity contribution in [3.8, 4) is 0 Å². The quantitative estimate of drug-likeness (QED) is 0.549. The SMILES string of the molecule is NC(=O)C1CC2(CC2)C1. The fourth-order valence-corrected chi connectivity index (χ4v) is 1.77. The largest absolute Gasteiger partial charge is 0.369 e. The molecule has 2 aliphatic rings. The van der Waals surface area contributed by atoms with Gasteiger partial charge in [0.25, 0.3) is 0 Å². The second kappa shape index (κ2) is 1.31.